The molecule has 1 aromatic rings. The third-order valence-electron chi connectivity index (χ3n) is 2.63. The van der Waals surface area contributed by atoms with Gasteiger partial charge in [0.2, 0.25) is 0 Å². The standard InChI is InChI=1S/C12H16F4N2/c13-11(14)12(15,16)8-18-7-10(6-17)9-4-2-1-3-5-9/h1-5,10-11,18H,6-8,17H2. The Labute approximate surface area is 103 Å². The molecule has 0 spiro atoms. The first-order valence-corrected chi connectivity index (χ1v) is 5.59. The van der Waals surface area contributed by atoms with Gasteiger partial charge in [0.05, 0.1) is 6.54 Å². The molecule has 6 heteroatoms. The zero-order valence-corrected chi connectivity index (χ0v) is 9.75. The van der Waals surface area contributed by atoms with Gasteiger partial charge in [-0.05, 0) is 5.56 Å². The van der Waals surface area contributed by atoms with E-state index in [1.165, 1.54) is 0 Å². The van der Waals surface area contributed by atoms with Gasteiger partial charge in [-0.1, -0.05) is 30.3 Å². The van der Waals surface area contributed by atoms with E-state index in [1.807, 2.05) is 30.3 Å². The van der Waals surface area contributed by atoms with Crippen molar-refractivity contribution in [3.63, 3.8) is 0 Å². The summed E-state index contributed by atoms with van der Waals surface area (Å²) in [6, 6.07) is 9.10. The van der Waals surface area contributed by atoms with Gasteiger partial charge in [0.15, 0.2) is 0 Å². The van der Waals surface area contributed by atoms with Crippen molar-refractivity contribution < 1.29 is 17.6 Å². The summed E-state index contributed by atoms with van der Waals surface area (Å²) >= 11 is 0. The second-order valence-corrected chi connectivity index (χ2v) is 4.04. The van der Waals surface area contributed by atoms with Crippen LogP contribution < -0.4 is 11.1 Å². The highest BCUT2D eigenvalue weighted by molar-refractivity contribution is 5.20. The molecule has 18 heavy (non-hydrogen) atoms. The lowest BCUT2D eigenvalue weighted by Gasteiger charge is -2.19. The van der Waals surface area contributed by atoms with Crippen LogP contribution in [0.3, 0.4) is 0 Å². The van der Waals surface area contributed by atoms with Gasteiger partial charge in [0.25, 0.3) is 0 Å². The topological polar surface area (TPSA) is 38.0 Å². The predicted octanol–water partition coefficient (Wildman–Crippen LogP) is 2.22. The van der Waals surface area contributed by atoms with Gasteiger partial charge in [0, 0.05) is 19.0 Å². The van der Waals surface area contributed by atoms with E-state index in [9.17, 15) is 17.6 Å². The molecule has 3 N–H and O–H groups in total. The van der Waals surface area contributed by atoms with Gasteiger partial charge in [-0.2, -0.15) is 8.78 Å². The largest absolute Gasteiger partial charge is 0.330 e. The molecular formula is C12H16F4N2. The number of hydrogen-bond donors (Lipinski definition) is 2. The molecular weight excluding hydrogens is 248 g/mol. The fourth-order valence-corrected chi connectivity index (χ4v) is 1.55. The monoisotopic (exact) mass is 264 g/mol. The minimum Gasteiger partial charge on any atom is -0.330 e. The summed E-state index contributed by atoms with van der Waals surface area (Å²) < 4.78 is 49.2. The molecule has 2 nitrogen and oxygen atoms in total. The highest BCUT2D eigenvalue weighted by atomic mass is 19.3. The molecule has 0 heterocycles. The van der Waals surface area contributed by atoms with Crippen molar-refractivity contribution in [2.24, 2.45) is 5.73 Å². The third kappa shape index (κ3) is 4.27. The van der Waals surface area contributed by atoms with Crippen LogP contribution in [0.2, 0.25) is 0 Å². The second kappa shape index (κ2) is 6.70. The van der Waals surface area contributed by atoms with Crippen LogP contribution in [0.25, 0.3) is 0 Å². The van der Waals surface area contributed by atoms with Crippen molar-refractivity contribution in [3.05, 3.63) is 35.9 Å². The van der Waals surface area contributed by atoms with Crippen molar-refractivity contribution in [1.82, 2.24) is 5.32 Å². The maximum Gasteiger partial charge on any atom is 0.319 e. The molecule has 0 amide bonds. The van der Waals surface area contributed by atoms with Crippen LogP contribution in [0.1, 0.15) is 11.5 Å². The van der Waals surface area contributed by atoms with Crippen molar-refractivity contribution in [3.8, 4) is 0 Å². The van der Waals surface area contributed by atoms with Crippen LogP contribution in [0, 0.1) is 0 Å². The summed E-state index contributed by atoms with van der Waals surface area (Å²) in [5.41, 5.74) is 6.43. The van der Waals surface area contributed by atoms with Gasteiger partial charge < -0.3 is 11.1 Å². The van der Waals surface area contributed by atoms with E-state index in [0.717, 1.165) is 5.56 Å². The van der Waals surface area contributed by atoms with E-state index in [-0.39, 0.29) is 19.0 Å². The summed E-state index contributed by atoms with van der Waals surface area (Å²) in [5, 5.41) is 2.35. The molecule has 0 radical (unpaired) electrons. The molecule has 0 aliphatic heterocycles. The highest BCUT2D eigenvalue weighted by Gasteiger charge is 2.40. The Morgan fingerprint density at radius 3 is 2.28 bits per heavy atom. The average Bonchev–Trinajstić information content (AvgIpc) is 2.35. The van der Waals surface area contributed by atoms with Gasteiger partial charge in [0.1, 0.15) is 0 Å². The molecule has 0 aliphatic carbocycles. The van der Waals surface area contributed by atoms with Crippen LogP contribution in [0.15, 0.2) is 30.3 Å². The Kier molecular flexibility index (Phi) is 5.55. The van der Waals surface area contributed by atoms with E-state index in [1.54, 1.807) is 0 Å². The molecule has 0 fully saturated rings. The maximum atomic E-state index is 12.7. The van der Waals surface area contributed by atoms with Crippen molar-refractivity contribution in [1.29, 1.82) is 0 Å². The minimum absolute atomic E-state index is 0.142. The van der Waals surface area contributed by atoms with Gasteiger partial charge >= 0.3 is 12.3 Å². The summed E-state index contributed by atoms with van der Waals surface area (Å²) in [6.45, 7) is -0.645. The third-order valence-corrected chi connectivity index (χ3v) is 2.63. The lowest BCUT2D eigenvalue weighted by atomic mass is 9.99. The predicted molar refractivity (Wildman–Crippen MR) is 62.1 cm³/mol. The number of nitrogens with one attached hydrogen (secondary N) is 1. The van der Waals surface area contributed by atoms with E-state index in [4.69, 9.17) is 5.73 Å². The average molecular weight is 264 g/mol. The molecule has 1 rings (SSSR count). The van der Waals surface area contributed by atoms with E-state index in [2.05, 4.69) is 5.32 Å². The van der Waals surface area contributed by atoms with E-state index in [0.29, 0.717) is 0 Å². The molecule has 1 aromatic carbocycles. The molecule has 1 atom stereocenters. The normalized spacial score (nSPS) is 13.9. The molecule has 0 aromatic heterocycles. The van der Waals surface area contributed by atoms with Crippen LogP contribution in [-0.2, 0) is 0 Å². The number of halogens is 4. The molecule has 0 aliphatic rings. The lowest BCUT2D eigenvalue weighted by molar-refractivity contribution is -0.125. The quantitative estimate of drug-likeness (QED) is 0.741. The van der Waals surface area contributed by atoms with E-state index < -0.39 is 18.9 Å². The summed E-state index contributed by atoms with van der Waals surface area (Å²) in [4.78, 5) is 0. The van der Waals surface area contributed by atoms with E-state index >= 15 is 0 Å². The Hall–Kier alpha value is -1.14. The second-order valence-electron chi connectivity index (χ2n) is 4.04. The fraction of sp³-hybridized carbons (Fsp3) is 0.500. The van der Waals surface area contributed by atoms with Crippen LogP contribution in [-0.4, -0.2) is 32.0 Å². The molecule has 0 saturated heterocycles. The summed E-state index contributed by atoms with van der Waals surface area (Å²) in [6.07, 6.45) is -3.65. The molecule has 0 bridgehead atoms. The summed E-state index contributed by atoms with van der Waals surface area (Å²) in [7, 11) is 0. The Bertz CT molecular complexity index is 343. The Balaban J connectivity index is 2.47. The number of nitrogens with two attached hydrogens (primary N) is 1. The highest BCUT2D eigenvalue weighted by Crippen LogP contribution is 2.22. The number of hydrogen-bond acceptors (Lipinski definition) is 2. The smallest absolute Gasteiger partial charge is 0.319 e. The number of rotatable bonds is 7. The zero-order chi connectivity index (χ0) is 13.6. The zero-order valence-electron chi connectivity index (χ0n) is 9.75. The number of alkyl halides is 4. The van der Waals surface area contributed by atoms with Gasteiger partial charge in [-0.25, -0.2) is 8.78 Å². The minimum atomic E-state index is -4.00. The maximum absolute atomic E-state index is 12.7. The van der Waals surface area contributed by atoms with Gasteiger partial charge in [-0.15, -0.1) is 0 Å². The first-order chi connectivity index (χ1) is 8.47. The summed E-state index contributed by atoms with van der Waals surface area (Å²) in [5.74, 6) is -4.17. The van der Waals surface area contributed by atoms with Crippen LogP contribution in [0.4, 0.5) is 17.6 Å². The first kappa shape index (κ1) is 14.9. The number of benzene rings is 1. The van der Waals surface area contributed by atoms with Crippen LogP contribution in [0.5, 0.6) is 0 Å². The Morgan fingerprint density at radius 1 is 1.17 bits per heavy atom. The Morgan fingerprint density at radius 2 is 1.78 bits per heavy atom. The molecule has 102 valence electrons. The molecule has 0 saturated carbocycles. The SMILES string of the molecule is NCC(CNCC(F)(F)C(F)F)c1ccccc1. The van der Waals surface area contributed by atoms with Gasteiger partial charge in [-0.3, -0.25) is 0 Å². The van der Waals surface area contributed by atoms with Crippen molar-refractivity contribution >= 4 is 0 Å². The fourth-order valence-electron chi connectivity index (χ4n) is 1.55. The molecule has 1 unspecified atom stereocenters. The van der Waals surface area contributed by atoms with Crippen LogP contribution >= 0.6 is 0 Å². The lowest BCUT2D eigenvalue weighted by Crippen LogP contribution is -2.41. The van der Waals surface area contributed by atoms with Crippen molar-refractivity contribution in [2.75, 3.05) is 19.6 Å². The first-order valence-electron chi connectivity index (χ1n) is 5.59. The van der Waals surface area contributed by atoms with Crippen molar-refractivity contribution in [2.45, 2.75) is 18.3 Å².